The number of halogens is 3. The number of alkyl halides is 3. The molecule has 0 fully saturated rings. The minimum Gasteiger partial charge on any atom is -0.316 e. The van der Waals surface area contributed by atoms with E-state index < -0.39 is 12.2 Å². The molecule has 2 rings (SSSR count). The molecule has 5 heteroatoms. The number of hydrogen-bond acceptors (Lipinski definition) is 2. The highest BCUT2D eigenvalue weighted by molar-refractivity contribution is 7.13. The van der Waals surface area contributed by atoms with Gasteiger partial charge < -0.3 is 5.73 Å². The summed E-state index contributed by atoms with van der Waals surface area (Å²) in [6.07, 6.45) is -4.40. The fraction of sp³-hybridized carbons (Fsp3) is 0.167. The summed E-state index contributed by atoms with van der Waals surface area (Å²) in [5.41, 5.74) is 6.10. The van der Waals surface area contributed by atoms with Crippen molar-refractivity contribution in [2.45, 2.75) is 12.2 Å². The molecule has 0 amide bonds. The summed E-state index contributed by atoms with van der Waals surface area (Å²) < 4.78 is 37.2. The van der Waals surface area contributed by atoms with Crippen molar-refractivity contribution in [1.29, 1.82) is 0 Å². The molecule has 0 radical (unpaired) electrons. The van der Waals surface area contributed by atoms with Crippen LogP contribution in [0.5, 0.6) is 0 Å². The van der Waals surface area contributed by atoms with Crippen LogP contribution < -0.4 is 5.73 Å². The minimum atomic E-state index is -4.40. The maximum Gasteiger partial charge on any atom is 0.407 e. The van der Waals surface area contributed by atoms with Gasteiger partial charge >= 0.3 is 6.18 Å². The fourth-order valence-electron chi connectivity index (χ4n) is 1.49. The van der Waals surface area contributed by atoms with Crippen molar-refractivity contribution in [2.75, 3.05) is 0 Å². The molecule has 0 bridgehead atoms. The SMILES string of the molecule is N[C@H](c1ccc(-c2cccs2)cc1)C(F)(F)F. The third kappa shape index (κ3) is 2.68. The van der Waals surface area contributed by atoms with E-state index in [1.807, 2.05) is 17.5 Å². The van der Waals surface area contributed by atoms with Crippen LogP contribution in [0.4, 0.5) is 13.2 Å². The number of rotatable bonds is 2. The van der Waals surface area contributed by atoms with Crippen molar-refractivity contribution in [3.8, 4) is 10.4 Å². The van der Waals surface area contributed by atoms with Crippen LogP contribution in [0.1, 0.15) is 11.6 Å². The lowest BCUT2D eigenvalue weighted by Gasteiger charge is -2.15. The lowest BCUT2D eigenvalue weighted by molar-refractivity contribution is -0.149. The Bertz CT molecular complexity index is 473. The Labute approximate surface area is 101 Å². The molecular formula is C12H10F3NS. The van der Waals surface area contributed by atoms with Gasteiger partial charge in [-0.05, 0) is 22.6 Å². The van der Waals surface area contributed by atoms with E-state index in [4.69, 9.17) is 5.73 Å². The lowest BCUT2D eigenvalue weighted by Crippen LogP contribution is -2.28. The molecule has 1 atom stereocenters. The summed E-state index contributed by atoms with van der Waals surface area (Å²) in [6.45, 7) is 0. The molecule has 0 unspecified atom stereocenters. The van der Waals surface area contributed by atoms with E-state index in [9.17, 15) is 13.2 Å². The summed E-state index contributed by atoms with van der Waals surface area (Å²) in [5.74, 6) is 0. The van der Waals surface area contributed by atoms with Crippen molar-refractivity contribution < 1.29 is 13.2 Å². The number of thiophene rings is 1. The highest BCUT2D eigenvalue weighted by atomic mass is 32.1. The predicted octanol–water partition coefficient (Wildman–Crippen LogP) is 3.98. The van der Waals surface area contributed by atoms with E-state index in [0.29, 0.717) is 0 Å². The molecule has 0 aliphatic rings. The van der Waals surface area contributed by atoms with Crippen LogP contribution >= 0.6 is 11.3 Å². The van der Waals surface area contributed by atoms with Crippen LogP contribution in [0.3, 0.4) is 0 Å². The van der Waals surface area contributed by atoms with Crippen molar-refractivity contribution >= 4 is 11.3 Å². The number of nitrogens with two attached hydrogens (primary N) is 1. The van der Waals surface area contributed by atoms with Gasteiger partial charge in [-0.15, -0.1) is 11.3 Å². The molecule has 1 aromatic heterocycles. The third-order valence-corrected chi connectivity index (χ3v) is 3.35. The van der Waals surface area contributed by atoms with Gasteiger partial charge in [0.2, 0.25) is 0 Å². The van der Waals surface area contributed by atoms with Gasteiger partial charge in [0.25, 0.3) is 0 Å². The molecular weight excluding hydrogens is 247 g/mol. The molecule has 2 aromatic rings. The molecule has 17 heavy (non-hydrogen) atoms. The first-order valence-corrected chi connectivity index (χ1v) is 5.82. The standard InChI is InChI=1S/C12H10F3NS/c13-12(14,15)11(16)9-5-3-8(4-6-9)10-2-1-7-17-10/h1-7,11H,16H2/t11-/m1/s1. The van der Waals surface area contributed by atoms with Crippen LogP contribution in [0.15, 0.2) is 41.8 Å². The fourth-order valence-corrected chi connectivity index (χ4v) is 2.22. The summed E-state index contributed by atoms with van der Waals surface area (Å²) >= 11 is 1.54. The zero-order chi connectivity index (χ0) is 12.5. The van der Waals surface area contributed by atoms with E-state index in [1.165, 1.54) is 12.1 Å². The topological polar surface area (TPSA) is 26.0 Å². The van der Waals surface area contributed by atoms with Crippen LogP contribution in [0.25, 0.3) is 10.4 Å². The van der Waals surface area contributed by atoms with E-state index in [0.717, 1.165) is 10.4 Å². The van der Waals surface area contributed by atoms with Crippen LogP contribution in [-0.2, 0) is 0 Å². The normalized spacial score (nSPS) is 13.6. The molecule has 0 saturated heterocycles. The first-order chi connectivity index (χ1) is 7.98. The summed E-state index contributed by atoms with van der Waals surface area (Å²) in [7, 11) is 0. The maximum absolute atomic E-state index is 12.4. The smallest absolute Gasteiger partial charge is 0.316 e. The van der Waals surface area contributed by atoms with Gasteiger partial charge in [-0.1, -0.05) is 30.3 Å². The van der Waals surface area contributed by atoms with E-state index in [2.05, 4.69) is 0 Å². The largest absolute Gasteiger partial charge is 0.407 e. The van der Waals surface area contributed by atoms with Gasteiger partial charge in [0, 0.05) is 4.88 Å². The Hall–Kier alpha value is -1.33. The highest BCUT2D eigenvalue weighted by Crippen LogP contribution is 2.32. The Morgan fingerprint density at radius 3 is 2.18 bits per heavy atom. The Kier molecular flexibility index (Phi) is 3.22. The van der Waals surface area contributed by atoms with Gasteiger partial charge in [0.15, 0.2) is 0 Å². The zero-order valence-corrected chi connectivity index (χ0v) is 9.55. The maximum atomic E-state index is 12.4. The van der Waals surface area contributed by atoms with Gasteiger partial charge in [0.1, 0.15) is 6.04 Å². The summed E-state index contributed by atoms with van der Waals surface area (Å²) in [6, 6.07) is 8.07. The van der Waals surface area contributed by atoms with E-state index in [1.54, 1.807) is 23.5 Å². The Morgan fingerprint density at radius 1 is 1.06 bits per heavy atom. The van der Waals surface area contributed by atoms with E-state index in [-0.39, 0.29) is 5.56 Å². The second kappa shape index (κ2) is 4.50. The first kappa shape index (κ1) is 12.1. The Morgan fingerprint density at radius 2 is 1.71 bits per heavy atom. The summed E-state index contributed by atoms with van der Waals surface area (Å²) in [5, 5.41) is 1.92. The third-order valence-electron chi connectivity index (χ3n) is 2.43. The van der Waals surface area contributed by atoms with Crippen molar-refractivity contribution in [2.24, 2.45) is 5.73 Å². The van der Waals surface area contributed by atoms with Crippen LogP contribution in [-0.4, -0.2) is 6.18 Å². The molecule has 0 saturated carbocycles. The number of benzene rings is 1. The molecule has 1 heterocycles. The minimum absolute atomic E-state index is 0.0813. The number of hydrogen-bond donors (Lipinski definition) is 1. The molecule has 0 aliphatic carbocycles. The summed E-state index contributed by atoms with van der Waals surface area (Å²) in [4.78, 5) is 1.03. The second-order valence-electron chi connectivity index (χ2n) is 3.62. The van der Waals surface area contributed by atoms with Crippen molar-refractivity contribution in [1.82, 2.24) is 0 Å². The average Bonchev–Trinajstić information content (AvgIpc) is 2.80. The lowest BCUT2D eigenvalue weighted by atomic mass is 10.0. The molecule has 0 spiro atoms. The van der Waals surface area contributed by atoms with Gasteiger partial charge in [-0.3, -0.25) is 0 Å². The molecule has 1 aromatic carbocycles. The van der Waals surface area contributed by atoms with Crippen molar-refractivity contribution in [3.05, 3.63) is 47.3 Å². The van der Waals surface area contributed by atoms with Gasteiger partial charge in [-0.2, -0.15) is 13.2 Å². The molecule has 90 valence electrons. The predicted molar refractivity (Wildman–Crippen MR) is 62.7 cm³/mol. The Balaban J connectivity index is 2.25. The average molecular weight is 257 g/mol. The van der Waals surface area contributed by atoms with Crippen LogP contribution in [0.2, 0.25) is 0 Å². The zero-order valence-electron chi connectivity index (χ0n) is 8.74. The van der Waals surface area contributed by atoms with Crippen LogP contribution in [0, 0.1) is 0 Å². The molecule has 2 N–H and O–H groups in total. The quantitative estimate of drug-likeness (QED) is 0.865. The van der Waals surface area contributed by atoms with Crippen molar-refractivity contribution in [3.63, 3.8) is 0 Å². The van der Waals surface area contributed by atoms with E-state index >= 15 is 0 Å². The van der Waals surface area contributed by atoms with Gasteiger partial charge in [0.05, 0.1) is 0 Å². The second-order valence-corrected chi connectivity index (χ2v) is 4.57. The molecule has 1 nitrogen and oxygen atoms in total. The highest BCUT2D eigenvalue weighted by Gasteiger charge is 2.37. The van der Waals surface area contributed by atoms with Gasteiger partial charge in [-0.25, -0.2) is 0 Å². The monoisotopic (exact) mass is 257 g/mol. The molecule has 0 aliphatic heterocycles. The first-order valence-electron chi connectivity index (χ1n) is 4.94.